The van der Waals surface area contributed by atoms with Crippen molar-refractivity contribution in [2.24, 2.45) is 0 Å². The van der Waals surface area contributed by atoms with Crippen LogP contribution in [0, 0.1) is 13.8 Å². The van der Waals surface area contributed by atoms with Crippen molar-refractivity contribution in [3.05, 3.63) is 52.1 Å². The first kappa shape index (κ1) is 17.4. The molecule has 8 heteroatoms. The second-order valence-corrected chi connectivity index (χ2v) is 6.65. The molecule has 3 heterocycles. The third-order valence-corrected chi connectivity index (χ3v) is 4.86. The third-order valence-electron chi connectivity index (χ3n) is 4.86. The van der Waals surface area contributed by atoms with E-state index in [-0.39, 0.29) is 18.0 Å². The molecule has 0 aliphatic carbocycles. The average molecular weight is 367 g/mol. The Labute approximate surface area is 156 Å². The predicted molar refractivity (Wildman–Crippen MR) is 100.0 cm³/mol. The van der Waals surface area contributed by atoms with E-state index in [1.807, 2.05) is 38.1 Å². The number of carbonyl (C=O) groups excluding carboxylic acids is 1. The number of hydrogen-bond donors (Lipinski definition) is 0. The zero-order valence-corrected chi connectivity index (χ0v) is 15.4. The maximum absolute atomic E-state index is 13.1. The lowest BCUT2D eigenvalue weighted by molar-refractivity contribution is -0.136. The molecule has 1 saturated heterocycles. The summed E-state index contributed by atoms with van der Waals surface area (Å²) in [5, 5.41) is 9.44. The van der Waals surface area contributed by atoms with Crippen molar-refractivity contribution >= 4 is 16.8 Å². The summed E-state index contributed by atoms with van der Waals surface area (Å²) in [5.74, 6) is -0.131. The van der Waals surface area contributed by atoms with Crippen molar-refractivity contribution in [1.29, 1.82) is 0 Å². The van der Waals surface area contributed by atoms with Gasteiger partial charge >= 0.3 is 0 Å². The lowest BCUT2D eigenvalue weighted by Gasteiger charge is -2.26. The largest absolute Gasteiger partial charge is 0.378 e. The highest BCUT2D eigenvalue weighted by molar-refractivity contribution is 5.82. The molecule has 0 spiro atoms. The number of rotatable bonds is 3. The van der Waals surface area contributed by atoms with Crippen LogP contribution in [0.4, 0.5) is 0 Å². The Balaban J connectivity index is 1.78. The molecule has 2 aromatic heterocycles. The van der Waals surface area contributed by atoms with Gasteiger partial charge < -0.3 is 9.64 Å². The van der Waals surface area contributed by atoms with Gasteiger partial charge in [-0.3, -0.25) is 9.59 Å². The minimum Gasteiger partial charge on any atom is -0.378 e. The Bertz CT molecular complexity index is 1060. The van der Waals surface area contributed by atoms with Gasteiger partial charge in [0.2, 0.25) is 5.91 Å². The van der Waals surface area contributed by atoms with Crippen LogP contribution in [0.2, 0.25) is 0 Å². The number of carbonyl (C=O) groups is 1. The molecule has 0 N–H and O–H groups in total. The minimum atomic E-state index is -0.321. The monoisotopic (exact) mass is 367 g/mol. The zero-order chi connectivity index (χ0) is 19.0. The topological polar surface area (TPSA) is 82.2 Å². The molecular formula is C19H21N5O3. The van der Waals surface area contributed by atoms with Gasteiger partial charge in [0.25, 0.3) is 5.56 Å². The fourth-order valence-electron chi connectivity index (χ4n) is 3.35. The highest BCUT2D eigenvalue weighted by atomic mass is 16.5. The first-order chi connectivity index (χ1) is 13.1. The molecule has 0 radical (unpaired) electrons. The van der Waals surface area contributed by atoms with E-state index in [1.165, 1.54) is 4.68 Å². The van der Waals surface area contributed by atoms with Crippen LogP contribution in [0.15, 0.2) is 35.3 Å². The number of ether oxygens (including phenoxy) is 1. The van der Waals surface area contributed by atoms with Gasteiger partial charge in [0.05, 0.1) is 30.8 Å². The van der Waals surface area contributed by atoms with E-state index in [9.17, 15) is 9.59 Å². The highest BCUT2D eigenvalue weighted by Gasteiger charge is 2.21. The second-order valence-electron chi connectivity index (χ2n) is 6.65. The SMILES string of the molecule is Cc1ccccc1-n1ncc2c(C)nn(CC(=O)N3CCOCC3)c(=O)c21. The molecule has 8 nitrogen and oxygen atoms in total. The number of nitrogens with zero attached hydrogens (tertiary/aromatic N) is 5. The van der Waals surface area contributed by atoms with Crippen LogP contribution in [-0.4, -0.2) is 56.7 Å². The van der Waals surface area contributed by atoms with Gasteiger partial charge in [0.15, 0.2) is 0 Å². The number of benzene rings is 1. The minimum absolute atomic E-state index is 0.0887. The summed E-state index contributed by atoms with van der Waals surface area (Å²) in [5.41, 5.74) is 2.62. The number of aromatic nitrogens is 4. The molecule has 0 unspecified atom stereocenters. The molecule has 27 heavy (non-hydrogen) atoms. The number of aryl methyl sites for hydroxylation is 2. The van der Waals surface area contributed by atoms with E-state index >= 15 is 0 Å². The van der Waals surface area contributed by atoms with Gasteiger partial charge in [0.1, 0.15) is 12.1 Å². The second kappa shape index (κ2) is 6.96. The summed E-state index contributed by atoms with van der Waals surface area (Å²) < 4.78 is 8.15. The van der Waals surface area contributed by atoms with Crippen molar-refractivity contribution in [3.8, 4) is 5.69 Å². The van der Waals surface area contributed by atoms with E-state index in [2.05, 4.69) is 10.2 Å². The molecule has 1 aliphatic heterocycles. The first-order valence-electron chi connectivity index (χ1n) is 8.93. The van der Waals surface area contributed by atoms with Gasteiger partial charge in [-0.05, 0) is 25.5 Å². The lowest BCUT2D eigenvalue weighted by Crippen LogP contribution is -2.44. The van der Waals surface area contributed by atoms with Gasteiger partial charge in [-0.25, -0.2) is 9.36 Å². The maximum atomic E-state index is 13.1. The molecule has 3 aromatic rings. The van der Waals surface area contributed by atoms with Crippen molar-refractivity contribution in [2.75, 3.05) is 26.3 Å². The Morgan fingerprint density at radius 3 is 2.67 bits per heavy atom. The van der Waals surface area contributed by atoms with E-state index in [0.717, 1.165) is 11.3 Å². The Morgan fingerprint density at radius 1 is 1.19 bits per heavy atom. The molecule has 0 atom stereocenters. The van der Waals surface area contributed by atoms with E-state index in [0.29, 0.717) is 42.9 Å². The van der Waals surface area contributed by atoms with Gasteiger partial charge in [-0.1, -0.05) is 18.2 Å². The molecule has 1 aliphatic rings. The summed E-state index contributed by atoms with van der Waals surface area (Å²) in [7, 11) is 0. The first-order valence-corrected chi connectivity index (χ1v) is 8.93. The molecule has 4 rings (SSSR count). The van der Waals surface area contributed by atoms with Crippen molar-refractivity contribution in [3.63, 3.8) is 0 Å². The lowest BCUT2D eigenvalue weighted by atomic mass is 10.2. The zero-order valence-electron chi connectivity index (χ0n) is 15.4. The molecule has 1 aromatic carbocycles. The van der Waals surface area contributed by atoms with Crippen molar-refractivity contribution in [2.45, 2.75) is 20.4 Å². The predicted octanol–water partition coefficient (Wildman–Crippen LogP) is 1.06. The third kappa shape index (κ3) is 3.12. The molecule has 0 saturated carbocycles. The Hall–Kier alpha value is -3.00. The molecule has 140 valence electrons. The Morgan fingerprint density at radius 2 is 1.93 bits per heavy atom. The summed E-state index contributed by atoms with van der Waals surface area (Å²) >= 11 is 0. The van der Waals surface area contributed by atoms with Crippen LogP contribution < -0.4 is 5.56 Å². The van der Waals surface area contributed by atoms with E-state index in [1.54, 1.807) is 15.8 Å². The van der Waals surface area contributed by atoms with E-state index < -0.39 is 0 Å². The molecular weight excluding hydrogens is 346 g/mol. The molecule has 1 fully saturated rings. The standard InChI is InChI=1S/C19H21N5O3/c1-13-5-3-4-6-16(13)24-18-15(11-20-24)14(2)21-23(19(18)26)12-17(25)22-7-9-27-10-8-22/h3-6,11H,7-10,12H2,1-2H3. The van der Waals surface area contributed by atoms with Crippen LogP contribution in [0.3, 0.4) is 0 Å². The van der Waals surface area contributed by atoms with Crippen molar-refractivity contribution in [1.82, 2.24) is 24.5 Å². The van der Waals surface area contributed by atoms with Gasteiger partial charge in [0, 0.05) is 18.5 Å². The van der Waals surface area contributed by atoms with Crippen LogP contribution in [-0.2, 0) is 16.1 Å². The average Bonchev–Trinajstić information content (AvgIpc) is 3.12. The number of fused-ring (bicyclic) bond motifs is 1. The Kier molecular flexibility index (Phi) is 4.49. The number of para-hydroxylation sites is 1. The fraction of sp³-hybridized carbons (Fsp3) is 0.368. The van der Waals surface area contributed by atoms with Crippen LogP contribution in [0.5, 0.6) is 0 Å². The van der Waals surface area contributed by atoms with Gasteiger partial charge in [-0.15, -0.1) is 0 Å². The summed E-state index contributed by atoms with van der Waals surface area (Å²) in [6.07, 6.45) is 1.65. The number of hydrogen-bond acceptors (Lipinski definition) is 5. The smallest absolute Gasteiger partial charge is 0.293 e. The molecule has 0 bridgehead atoms. The van der Waals surface area contributed by atoms with Crippen LogP contribution >= 0.6 is 0 Å². The van der Waals surface area contributed by atoms with Crippen LogP contribution in [0.25, 0.3) is 16.6 Å². The molecule has 1 amide bonds. The number of morpholine rings is 1. The normalized spacial score (nSPS) is 14.7. The van der Waals surface area contributed by atoms with Gasteiger partial charge in [-0.2, -0.15) is 10.2 Å². The summed E-state index contributed by atoms with van der Waals surface area (Å²) in [6, 6.07) is 7.73. The summed E-state index contributed by atoms with van der Waals surface area (Å²) in [4.78, 5) is 27.4. The highest BCUT2D eigenvalue weighted by Crippen LogP contribution is 2.19. The summed E-state index contributed by atoms with van der Waals surface area (Å²) in [6.45, 7) is 5.82. The van der Waals surface area contributed by atoms with E-state index in [4.69, 9.17) is 4.74 Å². The maximum Gasteiger partial charge on any atom is 0.293 e. The quantitative estimate of drug-likeness (QED) is 0.691. The number of amides is 1. The fourth-order valence-corrected chi connectivity index (χ4v) is 3.35. The van der Waals surface area contributed by atoms with Crippen LogP contribution in [0.1, 0.15) is 11.3 Å². The van der Waals surface area contributed by atoms with Crippen molar-refractivity contribution < 1.29 is 9.53 Å².